The Balaban J connectivity index is 1.47. The van der Waals surface area contributed by atoms with Crippen LogP contribution in [0.4, 0.5) is 11.4 Å². The van der Waals surface area contributed by atoms with E-state index in [0.717, 1.165) is 9.80 Å². The summed E-state index contributed by atoms with van der Waals surface area (Å²) in [6.45, 7) is 3.09. The molecule has 13 nitrogen and oxygen atoms in total. The summed E-state index contributed by atoms with van der Waals surface area (Å²) in [5.41, 5.74) is -3.65. The topological polar surface area (TPSA) is 166 Å². The lowest BCUT2D eigenvalue weighted by molar-refractivity contribution is -0.209. The average Bonchev–Trinajstić information content (AvgIpc) is 3.74. The van der Waals surface area contributed by atoms with Gasteiger partial charge in [-0.3, -0.25) is 29.0 Å². The number of anilines is 2. The zero-order valence-electron chi connectivity index (χ0n) is 26.9. The molecular formula is C33H36N6O7S2. The number of carbonyl (C=O) groups excluding carboxylic acids is 4. The van der Waals surface area contributed by atoms with Crippen LogP contribution in [0.25, 0.3) is 0 Å². The van der Waals surface area contributed by atoms with Crippen LogP contribution >= 0.6 is 21.6 Å². The molecule has 6 unspecified atom stereocenters. The zero-order valence-corrected chi connectivity index (χ0v) is 28.5. The molecule has 0 spiro atoms. The fraction of sp³-hybridized carbons (Fsp3) is 0.455. The van der Waals surface area contributed by atoms with E-state index in [2.05, 4.69) is 10.6 Å². The largest absolute Gasteiger partial charge is 0.394 e. The molecular weight excluding hydrogens is 657 g/mol. The van der Waals surface area contributed by atoms with Gasteiger partial charge in [0.2, 0.25) is 0 Å². The number of carbonyl (C=O) groups is 4. The van der Waals surface area contributed by atoms with E-state index in [4.69, 9.17) is 0 Å². The summed E-state index contributed by atoms with van der Waals surface area (Å²) in [5.74, 6) is -2.75. The predicted octanol–water partition coefficient (Wildman–Crippen LogP) is 0.652. The summed E-state index contributed by atoms with van der Waals surface area (Å²) >= 11 is 0. The summed E-state index contributed by atoms with van der Waals surface area (Å²) in [6.07, 6.45) is -0.684. The van der Waals surface area contributed by atoms with E-state index in [0.29, 0.717) is 22.5 Å². The van der Waals surface area contributed by atoms with E-state index < -0.39 is 70.2 Å². The second-order valence-corrected chi connectivity index (χ2v) is 16.2. The Hall–Kier alpha value is -3.76. The number of hydrogen-bond donors (Lipinski definition) is 5. The van der Waals surface area contributed by atoms with Gasteiger partial charge >= 0.3 is 0 Å². The molecule has 6 heterocycles. The normalized spacial score (nSPS) is 37.6. The van der Waals surface area contributed by atoms with Crippen molar-refractivity contribution in [2.75, 3.05) is 37.6 Å². The number of hydrogen-bond acceptors (Lipinski definition) is 11. The lowest BCUT2D eigenvalue weighted by Crippen LogP contribution is -2.73. The highest BCUT2D eigenvalue weighted by Crippen LogP contribution is 2.70. The van der Waals surface area contributed by atoms with Crippen molar-refractivity contribution in [3.63, 3.8) is 0 Å². The summed E-state index contributed by atoms with van der Waals surface area (Å²) in [7, 11) is 5.60. The molecule has 8 rings (SSSR count). The number of aliphatic hydroxyl groups excluding tert-OH is 2. The molecule has 0 aromatic heterocycles. The van der Waals surface area contributed by atoms with Crippen molar-refractivity contribution in [3.8, 4) is 0 Å². The number of likely N-dealkylation sites (N-methyl/N-ethyl adjacent to an activating group) is 2. The maximum atomic E-state index is 15.1. The number of benzene rings is 2. The molecule has 8 atom stereocenters. The van der Waals surface area contributed by atoms with Gasteiger partial charge in [-0.2, -0.15) is 0 Å². The molecule has 0 saturated carbocycles. The molecule has 15 heteroatoms. The zero-order chi connectivity index (χ0) is 34.3. The Kier molecular flexibility index (Phi) is 6.50. The highest BCUT2D eigenvalue weighted by molar-refractivity contribution is 8.77. The van der Waals surface area contributed by atoms with Crippen molar-refractivity contribution in [3.05, 3.63) is 71.4 Å². The highest BCUT2D eigenvalue weighted by atomic mass is 33.1. The maximum absolute atomic E-state index is 15.1. The van der Waals surface area contributed by atoms with Crippen LogP contribution in [0.1, 0.15) is 25.0 Å². The minimum Gasteiger partial charge on any atom is -0.394 e. The van der Waals surface area contributed by atoms with E-state index in [-0.39, 0.29) is 17.5 Å². The lowest BCUT2D eigenvalue weighted by Gasteiger charge is -2.52. The molecule has 0 bridgehead atoms. The standard InChI is InChI=1S/C33H36N6O7S2/c1-16(2)33(48-47-5)29(45)38-21(23(41)37(33)4)14-30(17-10-6-8-12-19(17)34-26(30)38)31-18-11-7-9-13-20(18)35-27(31)39-24(42)22(15-40)36(3)28(44)32(39,46)25(31)43/h6-14,16,22,25-27,34-35,40,43,46H,15H2,1-5H3/t22?,25-,26?,27?,30?,31?,32?,33-/m0/s1. The van der Waals surface area contributed by atoms with Crippen LogP contribution in [0.3, 0.4) is 0 Å². The van der Waals surface area contributed by atoms with E-state index in [9.17, 15) is 29.7 Å². The Labute approximate surface area is 284 Å². The molecule has 4 amide bonds. The van der Waals surface area contributed by atoms with Crippen LogP contribution in [-0.4, -0.2) is 121 Å². The third kappa shape index (κ3) is 3.10. The van der Waals surface area contributed by atoms with Crippen molar-refractivity contribution in [2.45, 2.75) is 59.8 Å². The van der Waals surface area contributed by atoms with Crippen molar-refractivity contribution < 1.29 is 34.5 Å². The Morgan fingerprint density at radius 3 is 2.15 bits per heavy atom. The number of piperazine rings is 2. The maximum Gasteiger partial charge on any atom is 0.279 e. The first kappa shape index (κ1) is 31.5. The number of fused-ring (bicyclic) bond motifs is 11. The molecule has 48 heavy (non-hydrogen) atoms. The highest BCUT2D eigenvalue weighted by Gasteiger charge is 2.85. The van der Waals surface area contributed by atoms with Crippen molar-refractivity contribution in [1.29, 1.82) is 0 Å². The van der Waals surface area contributed by atoms with E-state index >= 15 is 4.79 Å². The summed E-state index contributed by atoms with van der Waals surface area (Å²) < 4.78 is 0. The second-order valence-electron chi connectivity index (χ2n) is 13.5. The van der Waals surface area contributed by atoms with E-state index in [1.54, 1.807) is 37.4 Å². The fourth-order valence-electron chi connectivity index (χ4n) is 9.48. The molecule has 6 aliphatic heterocycles. The number of nitrogens with zero attached hydrogens (tertiary/aromatic N) is 4. The monoisotopic (exact) mass is 692 g/mol. The minimum atomic E-state index is -2.76. The number of rotatable bonds is 5. The Bertz CT molecular complexity index is 1860. The molecule has 252 valence electrons. The van der Waals surface area contributed by atoms with Gasteiger partial charge in [-0.25, -0.2) is 0 Å². The third-order valence-corrected chi connectivity index (χ3v) is 14.1. The fourth-order valence-corrected chi connectivity index (χ4v) is 12.2. The van der Waals surface area contributed by atoms with Gasteiger partial charge in [-0.05, 0) is 41.5 Å². The van der Waals surface area contributed by atoms with Gasteiger partial charge in [0.1, 0.15) is 30.2 Å². The molecule has 3 fully saturated rings. The van der Waals surface area contributed by atoms with Crippen molar-refractivity contribution in [2.24, 2.45) is 5.92 Å². The van der Waals surface area contributed by atoms with Crippen LogP contribution in [0, 0.1) is 5.92 Å². The van der Waals surface area contributed by atoms with Crippen LogP contribution in [0.5, 0.6) is 0 Å². The quantitative estimate of drug-likeness (QED) is 0.280. The van der Waals surface area contributed by atoms with Crippen molar-refractivity contribution in [1.82, 2.24) is 19.6 Å². The number of nitrogens with one attached hydrogen (secondary N) is 2. The van der Waals surface area contributed by atoms with Gasteiger partial charge in [0.25, 0.3) is 29.4 Å². The molecule has 6 aliphatic rings. The number of amides is 4. The van der Waals surface area contributed by atoms with Crippen LogP contribution in [-0.2, 0) is 30.0 Å². The SMILES string of the molecule is CSS[C@@]1(C(C)C)C(=O)N2C(=CC3(C45c6ccccc6NC4N4C(=O)C(CO)N(C)C(=O)C4(O)[C@H]5O)c4ccccc4NC23)C(=O)N1C. The first-order valence-electron chi connectivity index (χ1n) is 15.7. The van der Waals surface area contributed by atoms with Gasteiger partial charge in [-0.15, -0.1) is 0 Å². The van der Waals surface area contributed by atoms with Crippen LogP contribution < -0.4 is 10.6 Å². The van der Waals surface area contributed by atoms with Gasteiger partial charge in [0, 0.05) is 25.5 Å². The Morgan fingerprint density at radius 2 is 1.52 bits per heavy atom. The average molecular weight is 693 g/mol. The first-order valence-corrected chi connectivity index (χ1v) is 18.3. The van der Waals surface area contributed by atoms with E-state index in [1.807, 2.05) is 44.4 Å². The van der Waals surface area contributed by atoms with Gasteiger partial charge < -0.3 is 35.8 Å². The number of para-hydroxylation sites is 2. The van der Waals surface area contributed by atoms with Crippen molar-refractivity contribution >= 4 is 56.6 Å². The molecule has 3 saturated heterocycles. The summed E-state index contributed by atoms with van der Waals surface area (Å²) in [4.78, 5) is 61.6. The molecule has 2 aromatic rings. The summed E-state index contributed by atoms with van der Waals surface area (Å²) in [5, 5.41) is 42.5. The second kappa shape index (κ2) is 9.91. The smallest absolute Gasteiger partial charge is 0.279 e. The van der Waals surface area contributed by atoms with Gasteiger partial charge in [-0.1, -0.05) is 71.8 Å². The Morgan fingerprint density at radius 1 is 0.917 bits per heavy atom. The third-order valence-electron chi connectivity index (χ3n) is 11.5. The number of aliphatic hydroxyl groups is 3. The van der Waals surface area contributed by atoms with Crippen LogP contribution in [0.2, 0.25) is 0 Å². The first-order chi connectivity index (χ1) is 22.8. The molecule has 0 radical (unpaired) electrons. The van der Waals surface area contributed by atoms with Crippen LogP contribution in [0.15, 0.2) is 60.3 Å². The molecule has 5 N–H and O–H groups in total. The minimum absolute atomic E-state index is 0.0945. The molecule has 0 aliphatic carbocycles. The predicted molar refractivity (Wildman–Crippen MR) is 179 cm³/mol. The van der Waals surface area contributed by atoms with Gasteiger partial charge in [0.05, 0.1) is 17.4 Å². The van der Waals surface area contributed by atoms with Gasteiger partial charge in [0.15, 0.2) is 4.87 Å². The summed E-state index contributed by atoms with van der Waals surface area (Å²) in [6, 6.07) is 13.1. The van der Waals surface area contributed by atoms with E-state index in [1.165, 1.54) is 38.4 Å². The molecule has 2 aromatic carbocycles. The lowest BCUT2D eigenvalue weighted by atomic mass is 9.54.